The second-order valence-corrected chi connectivity index (χ2v) is 13.0. The number of hydrogen-bond donors (Lipinski definition) is 4. The van der Waals surface area contributed by atoms with E-state index < -0.39 is 40.9 Å². The number of carboxylic acid groups (broad SMARTS) is 1. The van der Waals surface area contributed by atoms with Gasteiger partial charge in [0.2, 0.25) is 16.7 Å². The van der Waals surface area contributed by atoms with Crippen molar-refractivity contribution < 1.29 is 33.9 Å². The summed E-state index contributed by atoms with van der Waals surface area (Å²) >= 11 is 3.35. The number of rotatable bonds is 11. The number of oxime groups is 1. The summed E-state index contributed by atoms with van der Waals surface area (Å²) in [5.74, 6) is -2.27. The summed E-state index contributed by atoms with van der Waals surface area (Å²) in [4.78, 5) is 60.1. The third-order valence-electron chi connectivity index (χ3n) is 5.78. The SMILES string of the molecule is CO/N=C(/C(=O)NC1C(=O)N2C(C(=O)O)=C(CSc3nnnn3C(C)CNC(=O)OC(C)(C)C)CS[C@H]12)c1nsc(N)n1. The van der Waals surface area contributed by atoms with Crippen molar-refractivity contribution >= 4 is 69.8 Å². The van der Waals surface area contributed by atoms with Gasteiger partial charge in [0.25, 0.3) is 11.8 Å². The van der Waals surface area contributed by atoms with Gasteiger partial charge in [-0.3, -0.25) is 14.5 Å². The van der Waals surface area contributed by atoms with Crippen molar-refractivity contribution in [3.8, 4) is 0 Å². The van der Waals surface area contributed by atoms with Crippen molar-refractivity contribution in [1.82, 2.24) is 45.1 Å². The van der Waals surface area contributed by atoms with E-state index in [0.29, 0.717) is 10.7 Å². The van der Waals surface area contributed by atoms with Crippen LogP contribution in [0.4, 0.5) is 9.93 Å². The van der Waals surface area contributed by atoms with Gasteiger partial charge in [-0.2, -0.15) is 9.36 Å². The number of nitrogens with two attached hydrogens (primary N) is 1. The summed E-state index contributed by atoms with van der Waals surface area (Å²) in [5.41, 5.74) is 5.00. The molecule has 1 fully saturated rings. The molecule has 2 aliphatic rings. The predicted molar refractivity (Wildman–Crippen MR) is 155 cm³/mol. The fraction of sp³-hybridized carbons (Fsp3) is 0.545. The van der Waals surface area contributed by atoms with Gasteiger partial charge in [0.05, 0.1) is 6.04 Å². The minimum Gasteiger partial charge on any atom is -0.477 e. The van der Waals surface area contributed by atoms with Gasteiger partial charge in [0.15, 0.2) is 5.13 Å². The maximum Gasteiger partial charge on any atom is 0.407 e. The van der Waals surface area contributed by atoms with Crippen LogP contribution in [0.25, 0.3) is 0 Å². The van der Waals surface area contributed by atoms with Gasteiger partial charge in [-0.15, -0.1) is 16.9 Å². The lowest BCUT2D eigenvalue weighted by molar-refractivity contribution is -0.150. The molecule has 0 aliphatic carbocycles. The summed E-state index contributed by atoms with van der Waals surface area (Å²) in [5, 5.41) is 30.5. The minimum absolute atomic E-state index is 0.0653. The van der Waals surface area contributed by atoms with Crippen molar-refractivity contribution in [1.29, 1.82) is 0 Å². The van der Waals surface area contributed by atoms with Crippen molar-refractivity contribution in [2.75, 3.05) is 30.9 Å². The molecule has 0 saturated carbocycles. The number of alkyl carbamates (subject to hydrolysis) is 1. The molecule has 3 amide bonds. The van der Waals surface area contributed by atoms with Crippen LogP contribution in [-0.4, -0.2) is 111 Å². The van der Waals surface area contributed by atoms with E-state index in [2.05, 4.69) is 40.7 Å². The third kappa shape index (κ3) is 7.33. The van der Waals surface area contributed by atoms with E-state index in [1.165, 1.54) is 35.3 Å². The molecule has 1 saturated heterocycles. The molecular weight excluding hydrogens is 627 g/mol. The van der Waals surface area contributed by atoms with Crippen LogP contribution in [0, 0.1) is 0 Å². The molecular formula is C22H29N11O7S3. The number of hydrogen-bond acceptors (Lipinski definition) is 16. The first-order valence-corrected chi connectivity index (χ1v) is 15.4. The van der Waals surface area contributed by atoms with Gasteiger partial charge in [-0.25, -0.2) is 14.3 Å². The highest BCUT2D eigenvalue weighted by atomic mass is 32.2. The van der Waals surface area contributed by atoms with Crippen molar-refractivity contribution in [3.63, 3.8) is 0 Å². The molecule has 18 nitrogen and oxygen atoms in total. The summed E-state index contributed by atoms with van der Waals surface area (Å²) in [6.45, 7) is 7.26. The van der Waals surface area contributed by atoms with Crippen molar-refractivity contribution in [2.24, 2.45) is 5.16 Å². The molecule has 0 bridgehead atoms. The number of aromatic nitrogens is 6. The number of amides is 3. The molecule has 2 aliphatic heterocycles. The highest BCUT2D eigenvalue weighted by molar-refractivity contribution is 8.01. The van der Waals surface area contributed by atoms with Gasteiger partial charge in [-0.05, 0) is 43.7 Å². The van der Waals surface area contributed by atoms with E-state index in [4.69, 9.17) is 15.3 Å². The molecule has 3 atom stereocenters. The van der Waals surface area contributed by atoms with Crippen LogP contribution in [-0.2, 0) is 24.0 Å². The number of nitrogens with zero attached hydrogens (tertiary/aromatic N) is 8. The standard InChI is InChI=1S/C22H29N11O7S3/c1-9(6-24-21(38)40-22(2,3)4)33-20(27-30-31-33)42-8-10-7-41-17-12(16(35)32(17)13(10)18(36)37)25-15(34)11(28-39-5)14-26-19(23)43-29-14/h9,12,17H,6-8H2,1-5H3,(H,24,38)(H,25,34)(H,36,37)(H2,23,26,29)/b28-11+/t9?,12?,17-/m1/s1. The van der Waals surface area contributed by atoms with Gasteiger partial charge in [-0.1, -0.05) is 16.9 Å². The summed E-state index contributed by atoms with van der Waals surface area (Å²) < 4.78 is 10.7. The summed E-state index contributed by atoms with van der Waals surface area (Å²) in [7, 11) is 1.24. The number of carbonyl (C=O) groups is 4. The van der Waals surface area contributed by atoms with Crippen LogP contribution < -0.4 is 16.4 Å². The summed E-state index contributed by atoms with van der Waals surface area (Å²) in [6, 6.07) is -1.35. The largest absolute Gasteiger partial charge is 0.477 e. The summed E-state index contributed by atoms with van der Waals surface area (Å²) in [6.07, 6.45) is -0.577. The van der Waals surface area contributed by atoms with Gasteiger partial charge < -0.3 is 31.0 Å². The number of nitrogen functional groups attached to an aromatic ring is 1. The average Bonchev–Trinajstić information content (AvgIpc) is 3.59. The topological polar surface area (TPSA) is 242 Å². The molecule has 43 heavy (non-hydrogen) atoms. The Bertz CT molecular complexity index is 1470. The van der Waals surface area contributed by atoms with Crippen LogP contribution in [0.15, 0.2) is 21.6 Å². The number of aliphatic carboxylic acids is 1. The van der Waals surface area contributed by atoms with E-state index in [9.17, 15) is 24.3 Å². The minimum atomic E-state index is -1.28. The lowest BCUT2D eigenvalue weighted by Gasteiger charge is -2.49. The molecule has 0 aromatic carbocycles. The number of β-lactam (4-membered cyclic amide) rings is 1. The number of nitrogens with one attached hydrogen (secondary N) is 2. The lowest BCUT2D eigenvalue weighted by atomic mass is 10.0. The molecule has 0 spiro atoms. The van der Waals surface area contributed by atoms with Crippen molar-refractivity contribution in [3.05, 3.63) is 17.1 Å². The lowest BCUT2D eigenvalue weighted by Crippen LogP contribution is -2.71. The van der Waals surface area contributed by atoms with Crippen LogP contribution in [0.2, 0.25) is 0 Å². The second kappa shape index (κ2) is 13.1. The Morgan fingerprint density at radius 3 is 2.70 bits per heavy atom. The molecule has 4 heterocycles. The monoisotopic (exact) mass is 655 g/mol. The number of ether oxygens (including phenoxy) is 1. The Morgan fingerprint density at radius 1 is 1.33 bits per heavy atom. The highest BCUT2D eigenvalue weighted by Gasteiger charge is 2.54. The Labute approximate surface area is 257 Å². The van der Waals surface area contributed by atoms with Gasteiger partial charge in [0, 0.05) is 29.6 Å². The number of anilines is 1. The fourth-order valence-corrected chi connectivity index (χ4v) is 6.85. The van der Waals surface area contributed by atoms with E-state index >= 15 is 0 Å². The van der Waals surface area contributed by atoms with E-state index in [-0.39, 0.29) is 46.5 Å². The number of carboxylic acids is 1. The second-order valence-electron chi connectivity index (χ2n) is 10.1. The van der Waals surface area contributed by atoms with Crippen LogP contribution in [0.5, 0.6) is 0 Å². The number of carbonyl (C=O) groups excluding carboxylic acids is 3. The first-order valence-electron chi connectivity index (χ1n) is 12.6. The smallest absolute Gasteiger partial charge is 0.407 e. The molecule has 21 heteroatoms. The molecule has 2 aromatic heterocycles. The number of thioether (sulfide) groups is 2. The van der Waals surface area contributed by atoms with E-state index in [1.54, 1.807) is 27.7 Å². The quantitative estimate of drug-likeness (QED) is 0.108. The Hall–Kier alpha value is -3.98. The molecule has 2 aromatic rings. The molecule has 232 valence electrons. The fourth-order valence-electron chi connectivity index (χ4n) is 3.95. The Balaban J connectivity index is 1.41. The predicted octanol–water partition coefficient (Wildman–Crippen LogP) is 0.0739. The molecule has 4 rings (SSSR count). The molecule has 2 unspecified atom stereocenters. The van der Waals surface area contributed by atoms with E-state index in [1.807, 2.05) is 0 Å². The van der Waals surface area contributed by atoms with Gasteiger partial charge in [0.1, 0.15) is 29.8 Å². The van der Waals surface area contributed by atoms with Crippen molar-refractivity contribution in [2.45, 2.75) is 55.9 Å². The molecule has 5 N–H and O–H groups in total. The maximum atomic E-state index is 13.1. The van der Waals surface area contributed by atoms with Crippen LogP contribution in [0.3, 0.4) is 0 Å². The Morgan fingerprint density at radius 2 is 2.07 bits per heavy atom. The first kappa shape index (κ1) is 31.9. The van der Waals surface area contributed by atoms with Gasteiger partial charge >= 0.3 is 12.1 Å². The normalized spacial score (nSPS) is 19.3. The number of tetrazole rings is 1. The zero-order valence-corrected chi connectivity index (χ0v) is 26.1. The maximum absolute atomic E-state index is 13.1. The number of fused-ring (bicyclic) bond motifs is 1. The highest BCUT2D eigenvalue weighted by Crippen LogP contribution is 2.41. The Kier molecular flexibility index (Phi) is 9.75. The third-order valence-corrected chi connectivity index (χ3v) is 8.69. The average molecular weight is 656 g/mol. The van der Waals surface area contributed by atoms with Crippen LogP contribution in [0.1, 0.15) is 39.6 Å². The van der Waals surface area contributed by atoms with E-state index in [0.717, 1.165) is 16.4 Å². The zero-order valence-electron chi connectivity index (χ0n) is 23.6. The molecule has 0 radical (unpaired) electrons. The zero-order chi connectivity index (χ0) is 31.5. The first-order chi connectivity index (χ1) is 20.3. The van der Waals surface area contributed by atoms with Crippen LogP contribution >= 0.6 is 35.1 Å².